The van der Waals surface area contributed by atoms with Crippen LogP contribution in [-0.2, 0) is 0 Å². The maximum atomic E-state index is 5.29. The van der Waals surface area contributed by atoms with Gasteiger partial charge >= 0.3 is 0 Å². The number of methoxy groups -OCH3 is 1. The molecule has 1 N–H and O–H groups in total. The van der Waals surface area contributed by atoms with Crippen molar-refractivity contribution in [1.29, 1.82) is 0 Å². The van der Waals surface area contributed by atoms with Gasteiger partial charge in [0, 0.05) is 32.2 Å². The van der Waals surface area contributed by atoms with Gasteiger partial charge in [0.15, 0.2) is 0 Å². The minimum absolute atomic E-state index is 0. The van der Waals surface area contributed by atoms with Crippen molar-refractivity contribution in [3.8, 4) is 5.75 Å². The third-order valence-corrected chi connectivity index (χ3v) is 3.82. The van der Waals surface area contributed by atoms with E-state index in [9.17, 15) is 0 Å². The Morgan fingerprint density at radius 3 is 2.40 bits per heavy atom. The summed E-state index contributed by atoms with van der Waals surface area (Å²) >= 11 is 0. The zero-order chi connectivity index (χ0) is 13.0. The Morgan fingerprint density at radius 1 is 1.25 bits per heavy atom. The monoisotopic (exact) mass is 320 g/mol. The largest absolute Gasteiger partial charge is 0.497 e. The highest BCUT2D eigenvalue weighted by molar-refractivity contribution is 5.85. The minimum atomic E-state index is 0. The van der Waals surface area contributed by atoms with E-state index in [-0.39, 0.29) is 24.8 Å². The smallest absolute Gasteiger partial charge is 0.119 e. The Bertz CT molecular complexity index is 395. The number of piperazine rings is 1. The van der Waals surface area contributed by atoms with Gasteiger partial charge in [-0.15, -0.1) is 24.8 Å². The fraction of sp³-hybridized carbons (Fsp3) is 0.600. The van der Waals surface area contributed by atoms with Crippen LogP contribution in [0.15, 0.2) is 18.2 Å². The molecule has 0 spiro atoms. The summed E-state index contributed by atoms with van der Waals surface area (Å²) in [6, 6.07) is 6.98. The molecule has 1 heterocycles. The molecule has 1 aromatic rings. The molecule has 1 fully saturated rings. The predicted molar refractivity (Wildman–Crippen MR) is 89.7 cm³/mol. The van der Waals surface area contributed by atoms with E-state index in [1.807, 2.05) is 0 Å². The van der Waals surface area contributed by atoms with Gasteiger partial charge in [0.05, 0.1) is 7.11 Å². The molecule has 2 rings (SSSR count). The number of nitrogens with one attached hydrogen (secondary N) is 1. The lowest BCUT2D eigenvalue weighted by Gasteiger charge is -2.35. The molecular formula is C15H26Cl2N2O. The van der Waals surface area contributed by atoms with Crippen LogP contribution in [0, 0.1) is 6.92 Å². The number of nitrogens with zero attached hydrogens (tertiary/aromatic N) is 1. The zero-order valence-electron chi connectivity index (χ0n) is 12.5. The second-order valence-electron chi connectivity index (χ2n) is 4.93. The van der Waals surface area contributed by atoms with Gasteiger partial charge in [-0.05, 0) is 36.6 Å². The predicted octanol–water partition coefficient (Wildman–Crippen LogP) is 3.20. The van der Waals surface area contributed by atoms with Gasteiger partial charge in [0.2, 0.25) is 0 Å². The van der Waals surface area contributed by atoms with Crippen LogP contribution >= 0.6 is 24.8 Å². The summed E-state index contributed by atoms with van der Waals surface area (Å²) in [7, 11) is 1.72. The van der Waals surface area contributed by atoms with Crippen LogP contribution < -0.4 is 10.1 Å². The maximum absolute atomic E-state index is 5.29. The lowest BCUT2D eigenvalue weighted by molar-refractivity contribution is 0.169. The molecule has 1 saturated heterocycles. The number of halogens is 2. The van der Waals surface area contributed by atoms with Crippen LogP contribution in [0.25, 0.3) is 0 Å². The lowest BCUT2D eigenvalue weighted by atomic mass is 9.97. The van der Waals surface area contributed by atoms with Crippen molar-refractivity contribution in [2.75, 3.05) is 33.3 Å². The van der Waals surface area contributed by atoms with E-state index in [1.165, 1.54) is 11.1 Å². The van der Waals surface area contributed by atoms with Crippen LogP contribution in [-0.4, -0.2) is 38.2 Å². The zero-order valence-corrected chi connectivity index (χ0v) is 14.1. The van der Waals surface area contributed by atoms with Crippen LogP contribution in [0.4, 0.5) is 0 Å². The molecule has 0 amide bonds. The average Bonchev–Trinajstić information content (AvgIpc) is 2.42. The number of hydrogen-bond acceptors (Lipinski definition) is 3. The van der Waals surface area contributed by atoms with Gasteiger partial charge in [-0.2, -0.15) is 0 Å². The van der Waals surface area contributed by atoms with Crippen molar-refractivity contribution in [2.24, 2.45) is 0 Å². The first-order chi connectivity index (χ1) is 8.76. The normalized spacial score (nSPS) is 16.8. The molecule has 1 aliphatic heterocycles. The molecule has 0 aliphatic carbocycles. The van der Waals surface area contributed by atoms with Crippen LogP contribution in [0.1, 0.15) is 30.5 Å². The SMILES string of the molecule is CC[C@H](c1ccc(OC)cc1C)N1CCNCC1.Cl.Cl. The summed E-state index contributed by atoms with van der Waals surface area (Å²) in [5.74, 6) is 0.950. The molecule has 0 bridgehead atoms. The summed E-state index contributed by atoms with van der Waals surface area (Å²) in [6.45, 7) is 8.95. The van der Waals surface area contributed by atoms with Crippen molar-refractivity contribution < 1.29 is 4.74 Å². The average molecular weight is 321 g/mol. The van der Waals surface area contributed by atoms with E-state index < -0.39 is 0 Å². The molecule has 0 saturated carbocycles. The Kier molecular flexibility index (Phi) is 9.23. The molecule has 116 valence electrons. The summed E-state index contributed by atoms with van der Waals surface area (Å²) in [5, 5.41) is 3.42. The molecule has 1 aromatic carbocycles. The number of aryl methyl sites for hydroxylation is 1. The van der Waals surface area contributed by atoms with Crippen LogP contribution in [0.3, 0.4) is 0 Å². The second-order valence-corrected chi connectivity index (χ2v) is 4.93. The molecule has 5 heteroatoms. The van der Waals surface area contributed by atoms with Gasteiger partial charge in [0.25, 0.3) is 0 Å². The molecule has 1 aliphatic rings. The maximum Gasteiger partial charge on any atom is 0.119 e. The number of benzene rings is 1. The van der Waals surface area contributed by atoms with E-state index in [2.05, 4.69) is 42.3 Å². The molecule has 20 heavy (non-hydrogen) atoms. The molecule has 0 aromatic heterocycles. The van der Waals surface area contributed by atoms with E-state index in [0.29, 0.717) is 6.04 Å². The van der Waals surface area contributed by atoms with Gasteiger partial charge in [-0.25, -0.2) is 0 Å². The first-order valence-electron chi connectivity index (χ1n) is 6.85. The topological polar surface area (TPSA) is 24.5 Å². The summed E-state index contributed by atoms with van der Waals surface area (Å²) in [4.78, 5) is 2.59. The van der Waals surface area contributed by atoms with E-state index >= 15 is 0 Å². The fourth-order valence-electron chi connectivity index (χ4n) is 2.82. The van der Waals surface area contributed by atoms with Crippen molar-refractivity contribution in [1.82, 2.24) is 10.2 Å². The van der Waals surface area contributed by atoms with Crippen LogP contribution in [0.2, 0.25) is 0 Å². The highest BCUT2D eigenvalue weighted by atomic mass is 35.5. The van der Waals surface area contributed by atoms with Crippen LogP contribution in [0.5, 0.6) is 5.75 Å². The van der Waals surface area contributed by atoms with E-state index in [1.54, 1.807) is 7.11 Å². The quantitative estimate of drug-likeness (QED) is 0.922. The molecule has 1 atom stereocenters. The second kappa shape index (κ2) is 9.46. The summed E-state index contributed by atoms with van der Waals surface area (Å²) in [6.07, 6.45) is 1.16. The first kappa shape index (κ1) is 19.5. The molecule has 3 nitrogen and oxygen atoms in total. The number of rotatable bonds is 4. The lowest BCUT2D eigenvalue weighted by Crippen LogP contribution is -2.45. The highest BCUT2D eigenvalue weighted by Crippen LogP contribution is 2.29. The van der Waals surface area contributed by atoms with Crippen molar-refractivity contribution in [3.63, 3.8) is 0 Å². The summed E-state index contributed by atoms with van der Waals surface area (Å²) < 4.78 is 5.29. The van der Waals surface area contributed by atoms with Gasteiger partial charge < -0.3 is 10.1 Å². The first-order valence-corrected chi connectivity index (χ1v) is 6.85. The molecule has 0 radical (unpaired) electrons. The number of hydrogen-bond donors (Lipinski definition) is 1. The summed E-state index contributed by atoms with van der Waals surface area (Å²) in [5.41, 5.74) is 2.78. The third kappa shape index (κ3) is 4.52. The third-order valence-electron chi connectivity index (χ3n) is 3.82. The van der Waals surface area contributed by atoms with Gasteiger partial charge in [-0.3, -0.25) is 4.90 Å². The Labute approximate surface area is 134 Å². The van der Waals surface area contributed by atoms with Crippen molar-refractivity contribution >= 4 is 24.8 Å². The standard InChI is InChI=1S/C15H24N2O.2ClH/c1-4-15(17-9-7-16-8-10-17)14-6-5-13(18-3)11-12(14)2;;/h5-6,11,15-16H,4,7-10H2,1-3H3;2*1H/t15-;;/m1../s1. The van der Waals surface area contributed by atoms with E-state index in [0.717, 1.165) is 38.3 Å². The van der Waals surface area contributed by atoms with Crippen molar-refractivity contribution in [3.05, 3.63) is 29.3 Å². The fourth-order valence-corrected chi connectivity index (χ4v) is 2.82. The molecular weight excluding hydrogens is 295 g/mol. The molecule has 0 unspecified atom stereocenters. The Hall–Kier alpha value is -0.480. The minimum Gasteiger partial charge on any atom is -0.497 e. The Balaban J connectivity index is 0.00000180. The number of ether oxygens (including phenoxy) is 1. The Morgan fingerprint density at radius 2 is 1.90 bits per heavy atom. The highest BCUT2D eigenvalue weighted by Gasteiger charge is 2.21. The van der Waals surface area contributed by atoms with Gasteiger partial charge in [-0.1, -0.05) is 13.0 Å². The van der Waals surface area contributed by atoms with E-state index in [4.69, 9.17) is 4.74 Å². The van der Waals surface area contributed by atoms with Gasteiger partial charge in [0.1, 0.15) is 5.75 Å². The van der Waals surface area contributed by atoms with Crippen molar-refractivity contribution in [2.45, 2.75) is 26.3 Å².